The van der Waals surface area contributed by atoms with Crippen LogP contribution in [0.1, 0.15) is 25.6 Å². The fourth-order valence-corrected chi connectivity index (χ4v) is 2.72. The summed E-state index contributed by atoms with van der Waals surface area (Å²) in [5.74, 6) is 2.29. The molecular formula is C14H20N4O2. The molecule has 0 saturated carbocycles. The molecule has 3 rings (SSSR count). The Morgan fingerprint density at radius 3 is 3.15 bits per heavy atom. The SMILES string of the molecule is CCC1CN(Cc2noc(-c3ccco3)n2)CCC1N. The molecule has 1 aliphatic heterocycles. The molecule has 3 heterocycles. The zero-order valence-electron chi connectivity index (χ0n) is 11.7. The Bertz CT molecular complexity index is 537. The minimum atomic E-state index is 0.320. The first kappa shape index (κ1) is 13.3. The van der Waals surface area contributed by atoms with Gasteiger partial charge in [-0.2, -0.15) is 4.98 Å². The molecule has 2 unspecified atom stereocenters. The second-order valence-corrected chi connectivity index (χ2v) is 5.35. The number of likely N-dealkylation sites (tertiary alicyclic amines) is 1. The van der Waals surface area contributed by atoms with Crippen LogP contribution < -0.4 is 5.73 Å². The first-order valence-electron chi connectivity index (χ1n) is 7.10. The summed E-state index contributed by atoms with van der Waals surface area (Å²) in [6, 6.07) is 3.93. The quantitative estimate of drug-likeness (QED) is 0.918. The summed E-state index contributed by atoms with van der Waals surface area (Å²) in [6.07, 6.45) is 3.74. The molecule has 1 saturated heterocycles. The second kappa shape index (κ2) is 5.76. The molecule has 20 heavy (non-hydrogen) atoms. The van der Waals surface area contributed by atoms with Crippen molar-refractivity contribution in [2.75, 3.05) is 13.1 Å². The minimum Gasteiger partial charge on any atom is -0.459 e. The molecule has 0 aromatic carbocycles. The first-order valence-corrected chi connectivity index (χ1v) is 7.10. The molecule has 2 N–H and O–H groups in total. The molecule has 2 aromatic rings. The van der Waals surface area contributed by atoms with E-state index in [0.717, 1.165) is 25.9 Å². The van der Waals surface area contributed by atoms with Crippen LogP contribution in [-0.4, -0.2) is 34.2 Å². The predicted molar refractivity (Wildman–Crippen MR) is 73.7 cm³/mol. The summed E-state index contributed by atoms with van der Waals surface area (Å²) >= 11 is 0. The third kappa shape index (κ3) is 2.76. The Morgan fingerprint density at radius 2 is 2.40 bits per heavy atom. The largest absolute Gasteiger partial charge is 0.459 e. The Kier molecular flexibility index (Phi) is 3.84. The van der Waals surface area contributed by atoms with Crippen LogP contribution in [0.15, 0.2) is 27.3 Å². The molecule has 0 bridgehead atoms. The van der Waals surface area contributed by atoms with E-state index < -0.39 is 0 Å². The lowest BCUT2D eigenvalue weighted by atomic mass is 9.91. The van der Waals surface area contributed by atoms with Gasteiger partial charge in [-0.3, -0.25) is 4.90 Å². The van der Waals surface area contributed by atoms with E-state index in [1.807, 2.05) is 6.07 Å². The highest BCUT2D eigenvalue weighted by Gasteiger charge is 2.26. The van der Waals surface area contributed by atoms with Crippen molar-refractivity contribution in [3.8, 4) is 11.7 Å². The Hall–Kier alpha value is -1.66. The molecule has 2 atom stereocenters. The zero-order valence-corrected chi connectivity index (χ0v) is 11.7. The van der Waals surface area contributed by atoms with Crippen molar-refractivity contribution >= 4 is 0 Å². The molecule has 0 aliphatic carbocycles. The van der Waals surface area contributed by atoms with Gasteiger partial charge in [0.15, 0.2) is 11.6 Å². The Labute approximate surface area is 117 Å². The lowest BCUT2D eigenvalue weighted by molar-refractivity contribution is 0.141. The van der Waals surface area contributed by atoms with Crippen LogP contribution in [0.3, 0.4) is 0 Å². The van der Waals surface area contributed by atoms with Gasteiger partial charge in [0.25, 0.3) is 5.89 Å². The highest BCUT2D eigenvalue weighted by atomic mass is 16.5. The van der Waals surface area contributed by atoms with Crippen molar-refractivity contribution in [2.24, 2.45) is 11.7 Å². The zero-order chi connectivity index (χ0) is 13.9. The lowest BCUT2D eigenvalue weighted by Crippen LogP contribution is -2.46. The van der Waals surface area contributed by atoms with Gasteiger partial charge in [0, 0.05) is 19.1 Å². The van der Waals surface area contributed by atoms with Crippen molar-refractivity contribution < 1.29 is 8.94 Å². The van der Waals surface area contributed by atoms with Gasteiger partial charge in [-0.25, -0.2) is 0 Å². The van der Waals surface area contributed by atoms with Crippen LogP contribution in [0.5, 0.6) is 0 Å². The average Bonchev–Trinajstić information content (AvgIpc) is 3.11. The number of furan rings is 1. The van der Waals surface area contributed by atoms with Crippen LogP contribution >= 0.6 is 0 Å². The maximum absolute atomic E-state index is 6.12. The number of rotatable bonds is 4. The summed E-state index contributed by atoms with van der Waals surface area (Å²) in [6.45, 7) is 4.88. The van der Waals surface area contributed by atoms with Crippen LogP contribution in [0.25, 0.3) is 11.7 Å². The first-order chi connectivity index (χ1) is 9.76. The molecule has 0 radical (unpaired) electrons. The fourth-order valence-electron chi connectivity index (χ4n) is 2.72. The molecule has 108 valence electrons. The van der Waals surface area contributed by atoms with Gasteiger partial charge in [0.05, 0.1) is 12.8 Å². The fraction of sp³-hybridized carbons (Fsp3) is 0.571. The molecular weight excluding hydrogens is 256 g/mol. The number of hydrogen-bond acceptors (Lipinski definition) is 6. The van der Waals surface area contributed by atoms with Crippen molar-refractivity contribution in [3.63, 3.8) is 0 Å². The summed E-state index contributed by atoms with van der Waals surface area (Å²) in [5.41, 5.74) is 6.12. The van der Waals surface area contributed by atoms with E-state index in [2.05, 4.69) is 22.0 Å². The molecule has 6 nitrogen and oxygen atoms in total. The van der Waals surface area contributed by atoms with Crippen LogP contribution in [0.2, 0.25) is 0 Å². The molecule has 1 aliphatic rings. The average molecular weight is 276 g/mol. The van der Waals surface area contributed by atoms with Crippen molar-refractivity contribution in [2.45, 2.75) is 32.4 Å². The number of aromatic nitrogens is 2. The van der Waals surface area contributed by atoms with Crippen molar-refractivity contribution in [1.29, 1.82) is 0 Å². The molecule has 0 amide bonds. The van der Waals surface area contributed by atoms with Gasteiger partial charge < -0.3 is 14.7 Å². The van der Waals surface area contributed by atoms with Crippen LogP contribution in [-0.2, 0) is 6.54 Å². The molecule has 1 fully saturated rings. The predicted octanol–water partition coefficient (Wildman–Crippen LogP) is 1.89. The van der Waals surface area contributed by atoms with E-state index in [1.165, 1.54) is 0 Å². The minimum absolute atomic E-state index is 0.320. The standard InChI is InChI=1S/C14H20N4O2/c1-2-10-8-18(6-5-11(10)15)9-13-16-14(20-17-13)12-4-3-7-19-12/h3-4,7,10-11H,2,5-6,8-9,15H2,1H3. The number of nitrogens with zero attached hydrogens (tertiary/aromatic N) is 3. The lowest BCUT2D eigenvalue weighted by Gasteiger charge is -2.35. The number of hydrogen-bond donors (Lipinski definition) is 1. The molecule has 2 aromatic heterocycles. The van der Waals surface area contributed by atoms with Crippen molar-refractivity contribution in [3.05, 3.63) is 24.2 Å². The summed E-state index contributed by atoms with van der Waals surface area (Å²) in [5, 5.41) is 4.02. The highest BCUT2D eigenvalue weighted by Crippen LogP contribution is 2.21. The number of piperidine rings is 1. The van der Waals surface area contributed by atoms with Gasteiger partial charge >= 0.3 is 0 Å². The van der Waals surface area contributed by atoms with Gasteiger partial charge in [-0.15, -0.1) is 0 Å². The summed E-state index contributed by atoms with van der Waals surface area (Å²) in [7, 11) is 0. The smallest absolute Gasteiger partial charge is 0.293 e. The van der Waals surface area contributed by atoms with Crippen molar-refractivity contribution in [1.82, 2.24) is 15.0 Å². The van der Waals surface area contributed by atoms with Gasteiger partial charge in [0.1, 0.15) is 0 Å². The van der Waals surface area contributed by atoms with Gasteiger partial charge in [-0.1, -0.05) is 18.5 Å². The summed E-state index contributed by atoms with van der Waals surface area (Å²) in [4.78, 5) is 6.71. The maximum Gasteiger partial charge on any atom is 0.293 e. The topological polar surface area (TPSA) is 81.3 Å². The monoisotopic (exact) mass is 276 g/mol. The van der Waals surface area contributed by atoms with E-state index >= 15 is 0 Å². The molecule has 0 spiro atoms. The van der Waals surface area contributed by atoms with E-state index in [9.17, 15) is 0 Å². The Balaban J connectivity index is 1.64. The molecule has 6 heteroatoms. The van der Waals surface area contributed by atoms with Gasteiger partial charge in [0.2, 0.25) is 0 Å². The highest BCUT2D eigenvalue weighted by molar-refractivity contribution is 5.42. The van der Waals surface area contributed by atoms with E-state index in [0.29, 0.717) is 36.0 Å². The van der Waals surface area contributed by atoms with Gasteiger partial charge in [-0.05, 0) is 24.5 Å². The normalized spacial score (nSPS) is 24.1. The van der Waals surface area contributed by atoms with E-state index in [1.54, 1.807) is 12.3 Å². The van der Waals surface area contributed by atoms with E-state index in [-0.39, 0.29) is 0 Å². The van der Waals surface area contributed by atoms with E-state index in [4.69, 9.17) is 14.7 Å². The number of nitrogens with two attached hydrogens (primary N) is 1. The third-order valence-corrected chi connectivity index (χ3v) is 3.97. The van der Waals surface area contributed by atoms with Crippen LogP contribution in [0, 0.1) is 5.92 Å². The van der Waals surface area contributed by atoms with Crippen LogP contribution in [0.4, 0.5) is 0 Å². The summed E-state index contributed by atoms with van der Waals surface area (Å²) < 4.78 is 10.5. The Morgan fingerprint density at radius 1 is 1.50 bits per heavy atom. The maximum atomic E-state index is 6.12. The third-order valence-electron chi connectivity index (χ3n) is 3.97. The second-order valence-electron chi connectivity index (χ2n) is 5.35.